The van der Waals surface area contributed by atoms with Crippen molar-refractivity contribution in [2.45, 2.75) is 24.8 Å². The maximum absolute atomic E-state index is 12.5. The number of nitrogen functional groups attached to an aromatic ring is 1. The lowest BCUT2D eigenvalue weighted by Gasteiger charge is -2.23. The molecule has 18 heavy (non-hydrogen) atoms. The summed E-state index contributed by atoms with van der Waals surface area (Å²) in [5.41, 5.74) is 6.25. The quantitative estimate of drug-likeness (QED) is 0.863. The lowest BCUT2D eigenvalue weighted by atomic mass is 10.4. The summed E-state index contributed by atoms with van der Waals surface area (Å²) < 4.78 is 27.8. The van der Waals surface area contributed by atoms with Crippen molar-refractivity contribution >= 4 is 27.6 Å². The number of sulfonamides is 1. The Morgan fingerprint density at radius 3 is 2.50 bits per heavy atom. The highest BCUT2D eigenvalue weighted by molar-refractivity contribution is 7.98. The fourth-order valence-electron chi connectivity index (χ4n) is 1.66. The molecule has 104 valence electrons. The van der Waals surface area contributed by atoms with E-state index in [1.807, 2.05) is 13.2 Å². The number of hydrogen-bond acceptors (Lipinski definition) is 5. The van der Waals surface area contributed by atoms with Crippen LogP contribution in [0.5, 0.6) is 0 Å². The van der Waals surface area contributed by atoms with E-state index in [1.54, 1.807) is 32.8 Å². The summed E-state index contributed by atoms with van der Waals surface area (Å²) in [7, 11) is -0.341. The third kappa shape index (κ3) is 2.65. The summed E-state index contributed by atoms with van der Waals surface area (Å²) in [6.45, 7) is 3.57. The molecule has 0 aliphatic heterocycles. The van der Waals surface area contributed by atoms with Crippen LogP contribution in [0.4, 0.5) is 5.82 Å². The average molecular weight is 292 g/mol. The van der Waals surface area contributed by atoms with E-state index in [0.717, 1.165) is 5.75 Å². The molecule has 0 aliphatic carbocycles. The van der Waals surface area contributed by atoms with Crippen LogP contribution in [0.15, 0.2) is 4.90 Å². The maximum Gasteiger partial charge on any atom is 0.248 e. The van der Waals surface area contributed by atoms with Gasteiger partial charge in [0.15, 0.2) is 5.82 Å². The number of nitrogens with two attached hydrogens (primary N) is 1. The topological polar surface area (TPSA) is 81.2 Å². The largest absolute Gasteiger partial charge is 0.381 e. The van der Waals surface area contributed by atoms with Gasteiger partial charge in [0.25, 0.3) is 0 Å². The highest BCUT2D eigenvalue weighted by Gasteiger charge is 2.31. The Kier molecular flexibility index (Phi) is 4.68. The third-order valence-electron chi connectivity index (χ3n) is 2.97. The van der Waals surface area contributed by atoms with Crippen LogP contribution >= 0.6 is 11.8 Å². The minimum absolute atomic E-state index is 0.0539. The summed E-state index contributed by atoms with van der Waals surface area (Å²) in [4.78, 5) is 0.112. The minimum Gasteiger partial charge on any atom is -0.381 e. The number of hydrogen-bond donors (Lipinski definition) is 1. The Balaban J connectivity index is 3.21. The van der Waals surface area contributed by atoms with Crippen molar-refractivity contribution in [2.75, 3.05) is 24.8 Å². The number of aromatic nitrogens is 2. The summed E-state index contributed by atoms with van der Waals surface area (Å²) in [5, 5.41) is 3.95. The first-order valence-corrected chi connectivity index (χ1v) is 8.32. The fourth-order valence-corrected chi connectivity index (χ4v) is 4.11. The fraction of sp³-hybridized carbons (Fsp3) is 0.700. The lowest BCUT2D eigenvalue weighted by molar-refractivity contribution is 0.415. The smallest absolute Gasteiger partial charge is 0.248 e. The zero-order chi connectivity index (χ0) is 14.1. The van der Waals surface area contributed by atoms with Crippen molar-refractivity contribution < 1.29 is 8.42 Å². The van der Waals surface area contributed by atoms with Crippen molar-refractivity contribution in [3.05, 3.63) is 5.69 Å². The standard InChI is InChI=1S/C10H20N4O2S2/c1-7(6-17-5)14(4)18(15,16)9-8(2)13(3)12-10(9)11/h7H,6H2,1-5H3,(H2,11,12). The minimum atomic E-state index is -3.59. The van der Waals surface area contributed by atoms with Crippen molar-refractivity contribution in [2.24, 2.45) is 7.05 Å². The second-order valence-corrected chi connectivity index (χ2v) is 7.09. The van der Waals surface area contributed by atoms with Crippen molar-refractivity contribution in [1.82, 2.24) is 14.1 Å². The molecule has 1 atom stereocenters. The molecule has 1 unspecified atom stereocenters. The molecule has 0 spiro atoms. The van der Waals surface area contributed by atoms with Gasteiger partial charge in [0.1, 0.15) is 4.90 Å². The molecule has 1 heterocycles. The second-order valence-electron chi connectivity index (χ2n) is 4.25. The molecule has 6 nitrogen and oxygen atoms in total. The van der Waals surface area contributed by atoms with Gasteiger partial charge in [0, 0.05) is 25.9 Å². The molecule has 8 heteroatoms. The molecule has 0 bridgehead atoms. The van der Waals surface area contributed by atoms with E-state index in [2.05, 4.69) is 5.10 Å². The molecule has 0 fully saturated rings. The predicted molar refractivity (Wildman–Crippen MR) is 75.2 cm³/mol. The second kappa shape index (κ2) is 5.50. The molecule has 0 aromatic carbocycles. The van der Waals surface area contributed by atoms with E-state index in [9.17, 15) is 8.42 Å². The van der Waals surface area contributed by atoms with Crippen LogP contribution in [0.1, 0.15) is 12.6 Å². The number of thioether (sulfide) groups is 1. The van der Waals surface area contributed by atoms with Gasteiger partial charge in [-0.1, -0.05) is 0 Å². The van der Waals surface area contributed by atoms with E-state index >= 15 is 0 Å². The lowest BCUT2D eigenvalue weighted by Crippen LogP contribution is -2.37. The average Bonchev–Trinajstić information content (AvgIpc) is 2.52. The molecule has 0 aliphatic rings. The summed E-state index contributed by atoms with van der Waals surface area (Å²) >= 11 is 1.60. The Labute approximate surface area is 113 Å². The zero-order valence-corrected chi connectivity index (χ0v) is 13.0. The van der Waals surface area contributed by atoms with Gasteiger partial charge < -0.3 is 5.73 Å². The summed E-state index contributed by atoms with van der Waals surface area (Å²) in [6, 6.07) is -0.0935. The van der Waals surface area contributed by atoms with E-state index in [4.69, 9.17) is 5.73 Å². The van der Waals surface area contributed by atoms with Gasteiger partial charge in [-0.2, -0.15) is 21.2 Å². The van der Waals surface area contributed by atoms with Crippen molar-refractivity contribution in [1.29, 1.82) is 0 Å². The Bertz CT molecular complexity index is 524. The van der Waals surface area contributed by atoms with Crippen LogP contribution in [0.2, 0.25) is 0 Å². The van der Waals surface area contributed by atoms with Crippen LogP contribution in [-0.4, -0.2) is 47.6 Å². The molecule has 1 aromatic heterocycles. The Morgan fingerprint density at radius 2 is 2.11 bits per heavy atom. The molecule has 0 saturated heterocycles. The SMILES string of the molecule is CSCC(C)N(C)S(=O)(=O)c1c(N)nn(C)c1C. The van der Waals surface area contributed by atoms with E-state index in [-0.39, 0.29) is 16.8 Å². The predicted octanol–water partition coefficient (Wildman–Crippen LogP) is 0.683. The molecule has 1 rings (SSSR count). The third-order valence-corrected chi connectivity index (χ3v) is 5.92. The molecule has 0 saturated carbocycles. The van der Waals surface area contributed by atoms with Crippen molar-refractivity contribution in [3.8, 4) is 0 Å². The van der Waals surface area contributed by atoms with E-state index in [1.165, 1.54) is 8.99 Å². The van der Waals surface area contributed by atoms with Gasteiger partial charge in [-0.15, -0.1) is 0 Å². The molecule has 1 aromatic rings. The normalized spacial score (nSPS) is 14.1. The zero-order valence-electron chi connectivity index (χ0n) is 11.3. The molecule has 2 N–H and O–H groups in total. The molecular formula is C10H20N4O2S2. The molecular weight excluding hydrogens is 272 g/mol. The Hall–Kier alpha value is -0.730. The van der Waals surface area contributed by atoms with Crippen LogP contribution in [-0.2, 0) is 17.1 Å². The number of aryl methyl sites for hydroxylation is 1. The van der Waals surface area contributed by atoms with Crippen LogP contribution in [0.25, 0.3) is 0 Å². The van der Waals surface area contributed by atoms with Gasteiger partial charge in [0.05, 0.1) is 5.69 Å². The van der Waals surface area contributed by atoms with Crippen LogP contribution in [0.3, 0.4) is 0 Å². The van der Waals surface area contributed by atoms with Gasteiger partial charge in [-0.3, -0.25) is 4.68 Å². The highest BCUT2D eigenvalue weighted by atomic mass is 32.2. The van der Waals surface area contributed by atoms with Crippen LogP contribution in [0, 0.1) is 6.92 Å². The number of nitrogens with zero attached hydrogens (tertiary/aromatic N) is 3. The number of rotatable bonds is 5. The first kappa shape index (κ1) is 15.3. The first-order chi connectivity index (χ1) is 8.23. The molecule has 0 amide bonds. The Morgan fingerprint density at radius 1 is 1.56 bits per heavy atom. The van der Waals surface area contributed by atoms with Gasteiger partial charge in [-0.05, 0) is 20.1 Å². The summed E-state index contributed by atoms with van der Waals surface area (Å²) in [6.07, 6.45) is 1.95. The van der Waals surface area contributed by atoms with Gasteiger partial charge in [0.2, 0.25) is 10.0 Å². The summed E-state index contributed by atoms with van der Waals surface area (Å²) in [5.74, 6) is 0.785. The van der Waals surface area contributed by atoms with E-state index < -0.39 is 10.0 Å². The first-order valence-electron chi connectivity index (χ1n) is 5.49. The number of anilines is 1. The van der Waals surface area contributed by atoms with E-state index in [0.29, 0.717) is 5.69 Å². The monoisotopic (exact) mass is 292 g/mol. The van der Waals surface area contributed by atoms with Crippen molar-refractivity contribution in [3.63, 3.8) is 0 Å². The van der Waals surface area contributed by atoms with Crippen LogP contribution < -0.4 is 5.73 Å². The maximum atomic E-state index is 12.5. The highest BCUT2D eigenvalue weighted by Crippen LogP contribution is 2.25. The van der Waals surface area contributed by atoms with Gasteiger partial charge in [-0.25, -0.2) is 8.42 Å². The van der Waals surface area contributed by atoms with Gasteiger partial charge >= 0.3 is 0 Å². The molecule has 0 radical (unpaired) electrons.